The number of aliphatic hydroxyl groups is 1. The van der Waals surface area contributed by atoms with Crippen molar-refractivity contribution in [2.75, 3.05) is 6.61 Å². The molecular formula is C34H33F6N6O5+. The summed E-state index contributed by atoms with van der Waals surface area (Å²) in [5, 5.41) is 20.6. The number of nitrogens with zero attached hydrogens (tertiary/aromatic N) is 6. The first-order chi connectivity index (χ1) is 24.0. The molecule has 2 atom stereocenters. The van der Waals surface area contributed by atoms with Crippen molar-refractivity contribution >= 4 is 5.97 Å². The zero-order chi connectivity index (χ0) is 37.2. The van der Waals surface area contributed by atoms with Crippen LogP contribution in [0.4, 0.5) is 26.3 Å². The third kappa shape index (κ3) is 7.98. The molecule has 0 unspecified atom stereocenters. The highest BCUT2D eigenvalue weighted by atomic mass is 19.3. The lowest BCUT2D eigenvalue weighted by Crippen LogP contribution is -2.44. The number of hydrogen-bond acceptors (Lipinski definition) is 7. The molecule has 0 aliphatic heterocycles. The molecule has 51 heavy (non-hydrogen) atoms. The minimum absolute atomic E-state index is 0.158. The molecule has 5 rings (SSSR count). The van der Waals surface area contributed by atoms with E-state index in [1.165, 1.54) is 49.1 Å². The molecular weight excluding hydrogens is 686 g/mol. The van der Waals surface area contributed by atoms with E-state index in [9.17, 15) is 36.6 Å². The smallest absolute Gasteiger partial charge is 0.350 e. The summed E-state index contributed by atoms with van der Waals surface area (Å²) in [6.07, 6.45) is 0.220. The van der Waals surface area contributed by atoms with Gasteiger partial charge in [-0.25, -0.2) is 36.2 Å². The summed E-state index contributed by atoms with van der Waals surface area (Å²) in [6.45, 7) is 4.68. The van der Waals surface area contributed by atoms with Crippen molar-refractivity contribution in [2.45, 2.75) is 64.8 Å². The fourth-order valence-corrected chi connectivity index (χ4v) is 5.61. The Morgan fingerprint density at radius 3 is 2.29 bits per heavy atom. The highest BCUT2D eigenvalue weighted by Crippen LogP contribution is 2.36. The number of carbonyl (C=O) groups is 1. The van der Waals surface area contributed by atoms with E-state index in [0.29, 0.717) is 18.4 Å². The van der Waals surface area contributed by atoms with Gasteiger partial charge in [0.25, 0.3) is 6.33 Å². The van der Waals surface area contributed by atoms with Crippen LogP contribution in [-0.4, -0.2) is 54.2 Å². The van der Waals surface area contributed by atoms with E-state index in [2.05, 4.69) is 10.2 Å². The quantitative estimate of drug-likeness (QED) is 0.0804. The van der Waals surface area contributed by atoms with Gasteiger partial charge in [-0.2, -0.15) is 13.9 Å². The van der Waals surface area contributed by atoms with Gasteiger partial charge in [0.1, 0.15) is 41.6 Å². The van der Waals surface area contributed by atoms with Crippen LogP contribution in [0.5, 0.6) is 11.5 Å². The summed E-state index contributed by atoms with van der Waals surface area (Å²) < 4.78 is 95.7. The van der Waals surface area contributed by atoms with E-state index in [1.807, 2.05) is 12.1 Å². The van der Waals surface area contributed by atoms with Gasteiger partial charge in [-0.15, -0.1) is 4.68 Å². The Balaban J connectivity index is 1.42. The Morgan fingerprint density at radius 1 is 1.02 bits per heavy atom. The Bertz CT molecular complexity index is 2070. The molecule has 2 heterocycles. The lowest BCUT2D eigenvalue weighted by Gasteiger charge is -2.32. The zero-order valence-electron chi connectivity index (χ0n) is 27.7. The molecule has 0 saturated carbocycles. The summed E-state index contributed by atoms with van der Waals surface area (Å²) >= 11 is 0. The number of esters is 1. The van der Waals surface area contributed by atoms with Crippen LogP contribution in [0.3, 0.4) is 0 Å². The molecule has 0 saturated heterocycles. The van der Waals surface area contributed by atoms with Gasteiger partial charge in [-0.3, -0.25) is 4.79 Å². The van der Waals surface area contributed by atoms with Gasteiger partial charge in [0.15, 0.2) is 6.61 Å². The van der Waals surface area contributed by atoms with Crippen LogP contribution < -0.4 is 19.7 Å². The Kier molecular flexibility index (Phi) is 10.4. The number of aromatic nitrogens is 6. The van der Waals surface area contributed by atoms with E-state index in [-0.39, 0.29) is 17.0 Å². The molecule has 0 aliphatic carbocycles. The molecule has 0 aliphatic rings. The van der Waals surface area contributed by atoms with Crippen molar-refractivity contribution in [2.24, 2.45) is 0 Å². The largest absolute Gasteiger partial charge is 0.487 e. The summed E-state index contributed by atoms with van der Waals surface area (Å²) in [4.78, 5) is 25.1. The summed E-state index contributed by atoms with van der Waals surface area (Å²) in [5.74, 6) is -6.47. The molecule has 17 heteroatoms. The van der Waals surface area contributed by atoms with Crippen LogP contribution in [0, 0.1) is 25.5 Å². The third-order valence-corrected chi connectivity index (χ3v) is 8.18. The predicted octanol–water partition coefficient (Wildman–Crippen LogP) is 4.81. The lowest BCUT2D eigenvalue weighted by molar-refractivity contribution is -0.689. The first kappa shape index (κ1) is 36.8. The van der Waals surface area contributed by atoms with E-state index < -0.39 is 60.4 Å². The van der Waals surface area contributed by atoms with E-state index >= 15 is 4.39 Å². The van der Waals surface area contributed by atoms with Crippen LogP contribution in [-0.2, 0) is 23.5 Å². The zero-order valence-corrected chi connectivity index (χ0v) is 27.7. The maximum atomic E-state index is 15.3. The number of halogens is 6. The summed E-state index contributed by atoms with van der Waals surface area (Å²) in [7, 11) is 0. The highest BCUT2D eigenvalue weighted by molar-refractivity contribution is 5.70. The first-order valence-corrected chi connectivity index (χ1v) is 15.4. The van der Waals surface area contributed by atoms with Crippen molar-refractivity contribution in [1.82, 2.24) is 24.1 Å². The molecule has 0 spiro atoms. The van der Waals surface area contributed by atoms with Gasteiger partial charge in [-0.05, 0) is 79.9 Å². The van der Waals surface area contributed by atoms with Crippen molar-refractivity contribution < 1.29 is 50.3 Å². The van der Waals surface area contributed by atoms with Crippen LogP contribution in [0.2, 0.25) is 0 Å². The normalized spacial score (nSPS) is 13.6. The number of aryl methyl sites for hydroxylation is 2. The molecule has 0 fully saturated rings. The van der Waals surface area contributed by atoms with Crippen molar-refractivity contribution in [3.63, 3.8) is 0 Å². The Hall–Kier alpha value is -5.45. The fraction of sp³-hybridized carbons (Fsp3) is 0.324. The molecule has 0 bridgehead atoms. The molecule has 5 aromatic rings. The summed E-state index contributed by atoms with van der Waals surface area (Å²) in [6, 6.07) is 10.0. The monoisotopic (exact) mass is 719 g/mol. The maximum Gasteiger partial charge on any atom is 0.350 e. The standard InChI is InChI=1S/C34H33F6N6O5/c1-20-11-24(12-21(2)30(20)51-23(4)47)14-43-17-41-44(19-43)15-33(49,28-10-5-25(35)13-29(28)36)22(3)46-32(48)45(18-42-46)26-6-8-27(9-7-26)50-16-34(39,40)31(37)38/h5-13,17-19,22,31,49H,14-16H2,1-4H3/q+1/t22-,33+/m1/s1. The van der Waals surface area contributed by atoms with Crippen LogP contribution in [0.1, 0.15) is 42.1 Å². The lowest BCUT2D eigenvalue weighted by atomic mass is 9.86. The average Bonchev–Trinajstić information content (AvgIpc) is 3.66. The number of carbonyl (C=O) groups excluding carboxylic acids is 1. The molecule has 0 amide bonds. The third-order valence-electron chi connectivity index (χ3n) is 8.18. The second kappa shape index (κ2) is 14.4. The number of benzene rings is 3. The van der Waals surface area contributed by atoms with Gasteiger partial charge in [-0.1, -0.05) is 6.07 Å². The van der Waals surface area contributed by atoms with Gasteiger partial charge in [0.2, 0.25) is 6.33 Å². The van der Waals surface area contributed by atoms with Crippen LogP contribution in [0.15, 0.2) is 78.4 Å². The van der Waals surface area contributed by atoms with E-state index in [0.717, 1.165) is 44.4 Å². The van der Waals surface area contributed by atoms with Gasteiger partial charge in [0, 0.05) is 23.7 Å². The number of ether oxygens (including phenoxy) is 2. The number of alkyl halides is 4. The maximum absolute atomic E-state index is 15.3. The first-order valence-electron chi connectivity index (χ1n) is 15.4. The minimum Gasteiger partial charge on any atom is -0.487 e. The molecule has 270 valence electrons. The minimum atomic E-state index is -4.36. The second-order valence-electron chi connectivity index (χ2n) is 12.1. The number of rotatable bonds is 13. The predicted molar refractivity (Wildman–Crippen MR) is 168 cm³/mol. The van der Waals surface area contributed by atoms with Crippen LogP contribution in [0.25, 0.3) is 5.69 Å². The fourth-order valence-electron chi connectivity index (χ4n) is 5.61. The Labute approximate surface area is 286 Å². The van der Waals surface area contributed by atoms with E-state index in [1.54, 1.807) is 24.7 Å². The molecule has 11 nitrogen and oxygen atoms in total. The van der Waals surface area contributed by atoms with Crippen molar-refractivity contribution in [3.8, 4) is 17.2 Å². The topological polar surface area (TPSA) is 117 Å². The second-order valence-corrected chi connectivity index (χ2v) is 12.1. The van der Waals surface area contributed by atoms with Crippen LogP contribution >= 0.6 is 0 Å². The molecule has 0 radical (unpaired) electrons. The Morgan fingerprint density at radius 2 is 1.69 bits per heavy atom. The SMILES string of the molecule is CC(=O)Oc1c(C)cc(C[n+]2cnn(C[C@@](O)(c3ccc(F)cc3F)[C@@H](C)n3ncn(-c4ccc(OCC(F)(F)C(F)F)cc4)c3=O)c2)cc1C. The van der Waals surface area contributed by atoms with Gasteiger partial charge < -0.3 is 14.6 Å². The molecule has 2 aromatic heterocycles. The number of hydrogen-bond donors (Lipinski definition) is 1. The van der Waals surface area contributed by atoms with Crippen molar-refractivity contribution in [1.29, 1.82) is 0 Å². The summed E-state index contributed by atoms with van der Waals surface area (Å²) in [5.41, 5.74) is -0.853. The van der Waals surface area contributed by atoms with Gasteiger partial charge >= 0.3 is 24.0 Å². The van der Waals surface area contributed by atoms with E-state index in [4.69, 9.17) is 9.47 Å². The molecule has 1 N–H and O–H groups in total. The average molecular weight is 720 g/mol. The highest BCUT2D eigenvalue weighted by Gasteiger charge is 2.44. The van der Waals surface area contributed by atoms with Gasteiger partial charge in [0.05, 0.1) is 18.3 Å². The van der Waals surface area contributed by atoms with Crippen molar-refractivity contribution in [3.05, 3.63) is 118 Å². The molecule has 3 aromatic carbocycles.